The zero-order valence-electron chi connectivity index (χ0n) is 15.1. The number of nitrogens with one attached hydrogen (secondary N) is 2. The summed E-state index contributed by atoms with van der Waals surface area (Å²) in [5, 5.41) is 2.97. The van der Waals surface area contributed by atoms with E-state index in [-0.39, 0.29) is 5.91 Å². The van der Waals surface area contributed by atoms with Crippen molar-refractivity contribution in [3.63, 3.8) is 0 Å². The van der Waals surface area contributed by atoms with Crippen molar-refractivity contribution in [2.24, 2.45) is 0 Å². The van der Waals surface area contributed by atoms with Crippen LogP contribution in [-0.2, 0) is 0 Å². The summed E-state index contributed by atoms with van der Waals surface area (Å²) in [5.41, 5.74) is 4.36. The number of rotatable bonds is 3. The second kappa shape index (κ2) is 6.80. The van der Waals surface area contributed by atoms with Crippen molar-refractivity contribution in [2.45, 2.75) is 6.92 Å². The number of imidazole rings is 1. The van der Waals surface area contributed by atoms with Crippen LogP contribution in [0.25, 0.3) is 11.0 Å². The molecule has 0 aliphatic carbocycles. The topological polar surface area (TPSA) is 64.3 Å². The van der Waals surface area contributed by atoms with E-state index in [1.807, 2.05) is 31.2 Å². The van der Waals surface area contributed by atoms with Crippen LogP contribution in [0.3, 0.4) is 0 Å². The number of benzene rings is 2. The fraction of sp³-hybridized carbons (Fsp3) is 0.300. The number of aromatic amines is 1. The number of carbonyl (C=O) groups excluding carboxylic acids is 1. The van der Waals surface area contributed by atoms with Crippen molar-refractivity contribution < 1.29 is 4.79 Å². The Bertz CT molecular complexity index is 923. The molecule has 0 spiro atoms. The zero-order valence-corrected chi connectivity index (χ0v) is 15.1. The lowest BCUT2D eigenvalue weighted by atomic mass is 10.1. The first-order valence-corrected chi connectivity index (χ1v) is 8.90. The fourth-order valence-electron chi connectivity index (χ4n) is 3.30. The van der Waals surface area contributed by atoms with Gasteiger partial charge in [-0.25, -0.2) is 4.98 Å². The second-order valence-electron chi connectivity index (χ2n) is 6.85. The first kappa shape index (κ1) is 16.6. The van der Waals surface area contributed by atoms with Crippen molar-refractivity contribution >= 4 is 28.3 Å². The van der Waals surface area contributed by atoms with Gasteiger partial charge in [0.25, 0.3) is 5.91 Å². The number of likely N-dealkylation sites (N-methyl/N-ethyl adjacent to an activating group) is 1. The fourth-order valence-corrected chi connectivity index (χ4v) is 3.30. The molecule has 26 heavy (non-hydrogen) atoms. The Kier molecular flexibility index (Phi) is 4.34. The average molecular weight is 349 g/mol. The van der Waals surface area contributed by atoms with Crippen molar-refractivity contribution in [1.82, 2.24) is 14.9 Å². The SMILES string of the molecule is Cc1nc2ccc(C(=O)Nc3ccc(N4CCN(C)CC4)cc3)cc2[nH]1. The van der Waals surface area contributed by atoms with Gasteiger partial charge in [0.15, 0.2) is 0 Å². The highest BCUT2D eigenvalue weighted by molar-refractivity contribution is 6.06. The molecular weight excluding hydrogens is 326 g/mol. The maximum atomic E-state index is 12.5. The molecule has 4 rings (SSSR count). The van der Waals surface area contributed by atoms with Crippen molar-refractivity contribution in [3.8, 4) is 0 Å². The molecule has 3 aromatic rings. The van der Waals surface area contributed by atoms with Crippen molar-refractivity contribution in [1.29, 1.82) is 0 Å². The number of nitrogens with zero attached hydrogens (tertiary/aromatic N) is 3. The third-order valence-corrected chi connectivity index (χ3v) is 4.86. The van der Waals surface area contributed by atoms with Gasteiger partial charge in [0.05, 0.1) is 11.0 Å². The molecule has 1 fully saturated rings. The molecule has 0 radical (unpaired) electrons. The Morgan fingerprint density at radius 2 is 1.81 bits per heavy atom. The Morgan fingerprint density at radius 3 is 2.54 bits per heavy atom. The lowest BCUT2D eigenvalue weighted by Crippen LogP contribution is -2.44. The molecule has 1 aliphatic heterocycles. The molecule has 0 bridgehead atoms. The molecule has 134 valence electrons. The zero-order chi connectivity index (χ0) is 18.1. The largest absolute Gasteiger partial charge is 0.369 e. The third-order valence-electron chi connectivity index (χ3n) is 4.86. The highest BCUT2D eigenvalue weighted by Crippen LogP contribution is 2.20. The minimum absolute atomic E-state index is 0.119. The van der Waals surface area contributed by atoms with Gasteiger partial charge in [0, 0.05) is 43.1 Å². The highest BCUT2D eigenvalue weighted by Gasteiger charge is 2.14. The van der Waals surface area contributed by atoms with Gasteiger partial charge in [-0.1, -0.05) is 0 Å². The maximum Gasteiger partial charge on any atom is 0.255 e. The van der Waals surface area contributed by atoms with E-state index in [0.717, 1.165) is 48.7 Å². The van der Waals surface area contributed by atoms with Crippen LogP contribution >= 0.6 is 0 Å². The van der Waals surface area contributed by atoms with E-state index in [1.54, 1.807) is 6.07 Å². The van der Waals surface area contributed by atoms with Crippen LogP contribution in [0.2, 0.25) is 0 Å². The van der Waals surface area contributed by atoms with Crippen LogP contribution in [0, 0.1) is 6.92 Å². The van der Waals surface area contributed by atoms with Gasteiger partial charge in [-0.15, -0.1) is 0 Å². The van der Waals surface area contributed by atoms with Gasteiger partial charge in [-0.3, -0.25) is 4.79 Å². The van der Waals surface area contributed by atoms with E-state index in [9.17, 15) is 4.79 Å². The first-order valence-electron chi connectivity index (χ1n) is 8.90. The standard InChI is InChI=1S/C20H23N5O/c1-14-21-18-8-3-15(13-19(18)22-14)20(26)23-16-4-6-17(7-5-16)25-11-9-24(2)10-12-25/h3-8,13H,9-12H2,1-2H3,(H,21,22)(H,23,26). The summed E-state index contributed by atoms with van der Waals surface area (Å²) in [5.74, 6) is 0.726. The lowest BCUT2D eigenvalue weighted by Gasteiger charge is -2.34. The molecule has 1 amide bonds. The molecule has 6 heteroatoms. The highest BCUT2D eigenvalue weighted by atomic mass is 16.1. The molecule has 1 aliphatic rings. The number of aromatic nitrogens is 2. The summed E-state index contributed by atoms with van der Waals surface area (Å²) in [4.78, 5) is 24.8. The molecule has 0 unspecified atom stereocenters. The third kappa shape index (κ3) is 3.41. The van der Waals surface area contributed by atoms with Crippen molar-refractivity contribution in [2.75, 3.05) is 43.4 Å². The van der Waals surface area contributed by atoms with Crippen LogP contribution in [0.5, 0.6) is 0 Å². The number of fused-ring (bicyclic) bond motifs is 1. The number of anilines is 2. The van der Waals surface area contributed by atoms with Crippen molar-refractivity contribution in [3.05, 3.63) is 53.9 Å². The van der Waals surface area contributed by atoms with E-state index >= 15 is 0 Å². The first-order chi connectivity index (χ1) is 12.6. The number of amides is 1. The summed E-state index contributed by atoms with van der Waals surface area (Å²) in [7, 11) is 2.15. The van der Waals surface area contributed by atoms with Crippen LogP contribution < -0.4 is 10.2 Å². The number of hydrogen-bond donors (Lipinski definition) is 2. The number of aryl methyl sites for hydroxylation is 1. The van der Waals surface area contributed by atoms with E-state index < -0.39 is 0 Å². The van der Waals surface area contributed by atoms with Crippen LogP contribution in [-0.4, -0.2) is 54.0 Å². The summed E-state index contributed by atoms with van der Waals surface area (Å²) >= 11 is 0. The molecule has 0 saturated carbocycles. The van der Waals surface area contributed by atoms with Gasteiger partial charge in [-0.05, 0) is 56.4 Å². The Hall–Kier alpha value is -2.86. The van der Waals surface area contributed by atoms with E-state index in [4.69, 9.17) is 0 Å². The Morgan fingerprint density at radius 1 is 1.08 bits per heavy atom. The molecule has 1 saturated heterocycles. The monoisotopic (exact) mass is 349 g/mol. The van der Waals surface area contributed by atoms with Gasteiger partial charge in [-0.2, -0.15) is 0 Å². The Balaban J connectivity index is 1.45. The number of hydrogen-bond acceptors (Lipinski definition) is 4. The van der Waals surface area contributed by atoms with E-state index in [2.05, 4.69) is 44.3 Å². The molecular formula is C20H23N5O. The maximum absolute atomic E-state index is 12.5. The smallest absolute Gasteiger partial charge is 0.255 e. The molecule has 6 nitrogen and oxygen atoms in total. The van der Waals surface area contributed by atoms with Gasteiger partial charge < -0.3 is 20.1 Å². The van der Waals surface area contributed by atoms with E-state index in [1.165, 1.54) is 5.69 Å². The summed E-state index contributed by atoms with van der Waals surface area (Å²) in [6, 6.07) is 13.6. The summed E-state index contributed by atoms with van der Waals surface area (Å²) in [6.45, 7) is 6.13. The minimum Gasteiger partial charge on any atom is -0.369 e. The molecule has 2 N–H and O–H groups in total. The normalized spacial score (nSPS) is 15.4. The quantitative estimate of drug-likeness (QED) is 0.763. The number of H-pyrrole nitrogens is 1. The predicted molar refractivity (Wildman–Crippen MR) is 105 cm³/mol. The second-order valence-corrected chi connectivity index (χ2v) is 6.85. The van der Waals surface area contributed by atoms with E-state index in [0.29, 0.717) is 5.56 Å². The van der Waals surface area contributed by atoms with Crippen LogP contribution in [0.15, 0.2) is 42.5 Å². The average Bonchev–Trinajstić information content (AvgIpc) is 3.02. The molecule has 1 aromatic heterocycles. The molecule has 2 heterocycles. The Labute approximate surface area is 152 Å². The van der Waals surface area contributed by atoms with Gasteiger partial charge in [0.2, 0.25) is 0 Å². The number of carbonyl (C=O) groups is 1. The minimum atomic E-state index is -0.119. The predicted octanol–water partition coefficient (Wildman–Crippen LogP) is 2.88. The van der Waals surface area contributed by atoms with Crippen LogP contribution in [0.4, 0.5) is 11.4 Å². The van der Waals surface area contributed by atoms with Crippen LogP contribution in [0.1, 0.15) is 16.2 Å². The summed E-state index contributed by atoms with van der Waals surface area (Å²) in [6.07, 6.45) is 0. The summed E-state index contributed by atoms with van der Waals surface area (Å²) < 4.78 is 0. The van der Waals surface area contributed by atoms with Gasteiger partial charge in [0.1, 0.15) is 5.82 Å². The molecule has 0 atom stereocenters. The number of piperazine rings is 1. The lowest BCUT2D eigenvalue weighted by molar-refractivity contribution is 0.102. The van der Waals surface area contributed by atoms with Gasteiger partial charge >= 0.3 is 0 Å². The molecule has 2 aromatic carbocycles.